The lowest BCUT2D eigenvalue weighted by atomic mass is 9.83. The van der Waals surface area contributed by atoms with Crippen LogP contribution in [0, 0.1) is 10.1 Å². The summed E-state index contributed by atoms with van der Waals surface area (Å²) >= 11 is 0. The van der Waals surface area contributed by atoms with Crippen LogP contribution < -0.4 is 0 Å². The van der Waals surface area contributed by atoms with Crippen LogP contribution in [0.25, 0.3) is 16.8 Å². The van der Waals surface area contributed by atoms with Crippen molar-refractivity contribution in [1.29, 1.82) is 0 Å². The zero-order chi connectivity index (χ0) is 25.4. The molecule has 1 aromatic heterocycles. The molecule has 0 aliphatic heterocycles. The average molecular weight is 491 g/mol. The van der Waals surface area contributed by atoms with E-state index in [0.29, 0.717) is 29.3 Å². The first-order chi connectivity index (χ1) is 16.4. The second-order valence-electron chi connectivity index (χ2n) is 7.81. The van der Waals surface area contributed by atoms with E-state index in [1.165, 1.54) is 6.08 Å². The quantitative estimate of drug-likeness (QED) is 0.232. The van der Waals surface area contributed by atoms with Crippen molar-refractivity contribution in [3.63, 3.8) is 0 Å². The lowest BCUT2D eigenvalue weighted by Crippen LogP contribution is -2.37. The van der Waals surface area contributed by atoms with Crippen molar-refractivity contribution >= 4 is 5.57 Å². The van der Waals surface area contributed by atoms with Crippen molar-refractivity contribution in [2.75, 3.05) is 0 Å². The third kappa shape index (κ3) is 4.79. The van der Waals surface area contributed by atoms with E-state index in [1.807, 2.05) is 0 Å². The fourth-order valence-electron chi connectivity index (χ4n) is 3.71. The molecular formula is C24H15F6N3O2. The van der Waals surface area contributed by atoms with Crippen molar-refractivity contribution in [3.05, 3.63) is 112 Å². The number of hydrogen-bond donors (Lipinski definition) is 0. The summed E-state index contributed by atoms with van der Waals surface area (Å²) in [4.78, 5) is 19.0. The summed E-state index contributed by atoms with van der Waals surface area (Å²) in [5.74, 6) is -0.718. The average Bonchev–Trinajstić information content (AvgIpc) is 2.83. The first-order valence-electron chi connectivity index (χ1n) is 10.1. The molecule has 0 spiro atoms. The van der Waals surface area contributed by atoms with Crippen molar-refractivity contribution in [3.8, 4) is 11.3 Å². The molecule has 1 atom stereocenters. The van der Waals surface area contributed by atoms with Gasteiger partial charge < -0.3 is 0 Å². The first-order valence-corrected chi connectivity index (χ1v) is 10.1. The van der Waals surface area contributed by atoms with Gasteiger partial charge in [0, 0.05) is 16.6 Å². The van der Waals surface area contributed by atoms with Crippen molar-refractivity contribution in [1.82, 2.24) is 9.97 Å². The molecule has 180 valence electrons. The minimum absolute atomic E-state index is 0.0794. The van der Waals surface area contributed by atoms with Crippen LogP contribution in [-0.2, 0) is 17.9 Å². The van der Waals surface area contributed by atoms with Crippen LogP contribution in [0.4, 0.5) is 26.3 Å². The Morgan fingerprint density at radius 1 is 0.857 bits per heavy atom. The van der Waals surface area contributed by atoms with Gasteiger partial charge in [0.1, 0.15) is 5.69 Å². The van der Waals surface area contributed by atoms with Crippen LogP contribution >= 0.6 is 0 Å². The molecule has 11 heteroatoms. The summed E-state index contributed by atoms with van der Waals surface area (Å²) in [6.07, 6.45) is -5.86. The molecule has 1 unspecified atom stereocenters. The predicted molar refractivity (Wildman–Crippen MR) is 114 cm³/mol. The van der Waals surface area contributed by atoms with E-state index in [-0.39, 0.29) is 17.7 Å². The maximum Gasteiger partial charge on any atom is 0.433 e. The molecule has 0 fully saturated rings. The molecule has 0 saturated heterocycles. The topological polar surface area (TPSA) is 68.9 Å². The third-order valence-electron chi connectivity index (χ3n) is 5.51. The van der Waals surface area contributed by atoms with Gasteiger partial charge >= 0.3 is 17.9 Å². The number of alkyl halides is 6. The molecule has 1 aliphatic carbocycles. The lowest BCUT2D eigenvalue weighted by Gasteiger charge is -2.25. The molecule has 35 heavy (non-hydrogen) atoms. The summed E-state index contributed by atoms with van der Waals surface area (Å²) in [6, 6.07) is 12.5. The van der Waals surface area contributed by atoms with Crippen LogP contribution in [0.2, 0.25) is 0 Å². The molecular weight excluding hydrogens is 476 g/mol. The van der Waals surface area contributed by atoms with Gasteiger partial charge in [0.05, 0.1) is 17.7 Å². The summed E-state index contributed by atoms with van der Waals surface area (Å²) in [6.45, 7) is 0. The van der Waals surface area contributed by atoms with E-state index >= 15 is 0 Å². The summed E-state index contributed by atoms with van der Waals surface area (Å²) in [7, 11) is 0. The number of nitrogens with zero attached hydrogens (tertiary/aromatic N) is 3. The highest BCUT2D eigenvalue weighted by atomic mass is 19.4. The number of hydrogen-bond acceptors (Lipinski definition) is 4. The lowest BCUT2D eigenvalue weighted by molar-refractivity contribution is -0.564. The Hall–Kier alpha value is -4.02. The second kappa shape index (κ2) is 8.64. The minimum atomic E-state index is -4.98. The highest BCUT2D eigenvalue weighted by Gasteiger charge is 2.49. The molecule has 3 aromatic rings. The summed E-state index contributed by atoms with van der Waals surface area (Å²) in [5, 5.41) is 12.3. The monoisotopic (exact) mass is 491 g/mol. The molecule has 0 bridgehead atoms. The molecule has 0 radical (unpaired) electrons. The molecule has 0 amide bonds. The van der Waals surface area contributed by atoms with Gasteiger partial charge in [0.2, 0.25) is 5.82 Å². The Kier molecular flexibility index (Phi) is 5.95. The molecule has 1 aliphatic rings. The Morgan fingerprint density at radius 3 is 2.09 bits per heavy atom. The van der Waals surface area contributed by atoms with Gasteiger partial charge in [0.25, 0.3) is 0 Å². The smallest absolute Gasteiger partial charge is 0.263 e. The maximum absolute atomic E-state index is 13.7. The van der Waals surface area contributed by atoms with E-state index in [0.717, 1.165) is 18.2 Å². The van der Waals surface area contributed by atoms with Crippen LogP contribution in [0.3, 0.4) is 0 Å². The van der Waals surface area contributed by atoms with Gasteiger partial charge in [0.15, 0.2) is 0 Å². The fraction of sp³-hybridized carbons (Fsp3) is 0.167. The SMILES string of the molecule is O=[N+]([O-])C1(c2nc(-c3ccc(C(F)(F)F)cc3)cc(C(F)(F)F)n2)C=CC=C(c2ccccc2)C1. The zero-order valence-corrected chi connectivity index (χ0v) is 17.6. The molecule has 0 saturated carbocycles. The number of nitro groups is 1. The largest absolute Gasteiger partial charge is 0.433 e. The van der Waals surface area contributed by atoms with Crippen LogP contribution in [0.1, 0.15) is 29.1 Å². The maximum atomic E-state index is 13.7. The molecule has 1 heterocycles. The number of halogens is 6. The molecule has 4 rings (SSSR count). The fourth-order valence-corrected chi connectivity index (χ4v) is 3.71. The highest BCUT2D eigenvalue weighted by molar-refractivity contribution is 5.70. The Morgan fingerprint density at radius 2 is 1.51 bits per heavy atom. The second-order valence-corrected chi connectivity index (χ2v) is 7.81. The van der Waals surface area contributed by atoms with Crippen molar-refractivity contribution in [2.24, 2.45) is 0 Å². The highest BCUT2D eigenvalue weighted by Crippen LogP contribution is 2.40. The van der Waals surface area contributed by atoms with E-state index in [2.05, 4.69) is 9.97 Å². The number of benzene rings is 2. The van der Waals surface area contributed by atoms with Gasteiger partial charge in [-0.05, 0) is 29.3 Å². The Bertz CT molecular complexity index is 1320. The number of rotatable bonds is 4. The summed E-state index contributed by atoms with van der Waals surface area (Å²) in [5.41, 5.74) is -4.00. The van der Waals surface area contributed by atoms with Crippen molar-refractivity contribution < 1.29 is 31.3 Å². The van der Waals surface area contributed by atoms with Gasteiger partial charge in [-0.1, -0.05) is 54.6 Å². The summed E-state index contributed by atoms with van der Waals surface area (Å²) < 4.78 is 79.8. The van der Waals surface area contributed by atoms with E-state index in [9.17, 15) is 36.5 Å². The minimum Gasteiger partial charge on any atom is -0.263 e. The van der Waals surface area contributed by atoms with E-state index in [1.54, 1.807) is 36.4 Å². The first kappa shape index (κ1) is 24.1. The predicted octanol–water partition coefficient (Wildman–Crippen LogP) is 6.70. The van der Waals surface area contributed by atoms with Crippen LogP contribution in [0.5, 0.6) is 0 Å². The molecule has 5 nitrogen and oxygen atoms in total. The van der Waals surface area contributed by atoms with Gasteiger partial charge in [-0.3, -0.25) is 10.1 Å². The number of aromatic nitrogens is 2. The molecule has 0 N–H and O–H groups in total. The molecule has 2 aromatic carbocycles. The Labute approximate surface area is 194 Å². The van der Waals surface area contributed by atoms with E-state index in [4.69, 9.17) is 0 Å². The zero-order valence-electron chi connectivity index (χ0n) is 17.6. The van der Waals surface area contributed by atoms with Crippen LogP contribution in [0.15, 0.2) is 78.9 Å². The number of allylic oxidation sites excluding steroid dienone is 2. The van der Waals surface area contributed by atoms with Gasteiger partial charge in [-0.15, -0.1) is 0 Å². The van der Waals surface area contributed by atoms with Crippen molar-refractivity contribution in [2.45, 2.75) is 24.3 Å². The normalized spacial score (nSPS) is 18.3. The van der Waals surface area contributed by atoms with Gasteiger partial charge in [-0.2, -0.15) is 26.3 Å². The standard InChI is InChI=1S/C24H15F6N3O2/c25-23(26,27)18-10-8-16(9-11-18)19-13-20(24(28,29)30)32-21(31-19)22(33(34)35)12-4-7-17(14-22)15-5-2-1-3-6-15/h1-13H,14H2. The third-order valence-corrected chi connectivity index (χ3v) is 5.51. The Balaban J connectivity index is 1.86. The van der Waals surface area contributed by atoms with E-state index < -0.39 is 39.9 Å². The van der Waals surface area contributed by atoms with Crippen LogP contribution in [-0.4, -0.2) is 14.9 Å². The van der Waals surface area contributed by atoms with Gasteiger partial charge in [-0.25, -0.2) is 9.97 Å².